The lowest BCUT2D eigenvalue weighted by Gasteiger charge is -1.97. The van der Waals surface area contributed by atoms with Gasteiger partial charge >= 0.3 is 6.03 Å². The molecule has 0 rings (SSSR count). The van der Waals surface area contributed by atoms with Gasteiger partial charge in [0.05, 0.1) is 6.61 Å². The number of primary amides is 1. The summed E-state index contributed by atoms with van der Waals surface area (Å²) in [5.74, 6) is -0.609. The van der Waals surface area contributed by atoms with Gasteiger partial charge in [-0.15, -0.1) is 0 Å². The van der Waals surface area contributed by atoms with E-state index in [1.54, 1.807) is 0 Å². The zero-order chi connectivity index (χ0) is 9.56. The summed E-state index contributed by atoms with van der Waals surface area (Å²) in [5, 5.41) is 10.5. The number of hydrogen-bond acceptors (Lipinski definition) is 3. The van der Waals surface area contributed by atoms with E-state index in [-0.39, 0.29) is 5.57 Å². The molecular weight excluding hydrogens is 162 g/mol. The first-order chi connectivity index (χ1) is 5.57. The van der Waals surface area contributed by atoms with Crippen LogP contribution < -0.4 is 11.1 Å². The molecule has 12 heavy (non-hydrogen) atoms. The van der Waals surface area contributed by atoms with Crippen LogP contribution in [-0.2, 0) is 4.79 Å². The molecular formula is C6H9N3O3. The summed E-state index contributed by atoms with van der Waals surface area (Å²) in [6.45, 7) is 2.78. The van der Waals surface area contributed by atoms with E-state index in [0.717, 1.165) is 6.34 Å². The van der Waals surface area contributed by atoms with Crippen LogP contribution in [0.15, 0.2) is 17.1 Å². The van der Waals surface area contributed by atoms with Crippen LogP contribution >= 0.6 is 0 Å². The van der Waals surface area contributed by atoms with Gasteiger partial charge in [-0.05, 0) is 0 Å². The Labute approximate surface area is 68.8 Å². The third kappa shape index (κ3) is 4.18. The smallest absolute Gasteiger partial charge is 0.339 e. The van der Waals surface area contributed by atoms with Crippen LogP contribution in [0.25, 0.3) is 0 Å². The SMILES string of the molecule is C=C(CO)C(=O)NC=NC(N)=O. The van der Waals surface area contributed by atoms with E-state index in [1.165, 1.54) is 0 Å². The lowest BCUT2D eigenvalue weighted by molar-refractivity contribution is -0.116. The minimum absolute atomic E-state index is 0.0223. The van der Waals surface area contributed by atoms with Gasteiger partial charge in [0.2, 0.25) is 0 Å². The molecule has 0 spiro atoms. The molecule has 0 saturated carbocycles. The molecule has 4 N–H and O–H groups in total. The van der Waals surface area contributed by atoms with Crippen molar-refractivity contribution in [2.45, 2.75) is 0 Å². The Kier molecular flexibility index (Phi) is 4.32. The van der Waals surface area contributed by atoms with Crippen molar-refractivity contribution in [2.24, 2.45) is 10.7 Å². The predicted octanol–water partition coefficient (Wildman–Crippen LogP) is -1.24. The fourth-order valence-corrected chi connectivity index (χ4v) is 0.328. The summed E-state index contributed by atoms with van der Waals surface area (Å²) < 4.78 is 0. The van der Waals surface area contributed by atoms with Crippen molar-refractivity contribution in [3.63, 3.8) is 0 Å². The van der Waals surface area contributed by atoms with Gasteiger partial charge < -0.3 is 16.2 Å². The number of amides is 3. The molecule has 6 nitrogen and oxygen atoms in total. The fraction of sp³-hybridized carbons (Fsp3) is 0.167. The molecule has 0 aromatic heterocycles. The number of aliphatic hydroxyl groups is 1. The lowest BCUT2D eigenvalue weighted by atomic mass is 10.3. The maximum Gasteiger partial charge on any atom is 0.339 e. The average molecular weight is 171 g/mol. The lowest BCUT2D eigenvalue weighted by Crippen LogP contribution is -2.25. The number of urea groups is 1. The first kappa shape index (κ1) is 10.3. The van der Waals surface area contributed by atoms with Crippen LogP contribution in [-0.4, -0.2) is 30.0 Å². The number of aliphatic imine (C=N–C) groups is 1. The second-order valence-corrected chi connectivity index (χ2v) is 1.83. The molecule has 3 amide bonds. The topological polar surface area (TPSA) is 105 Å². The third-order valence-electron chi connectivity index (χ3n) is 0.899. The van der Waals surface area contributed by atoms with Crippen molar-refractivity contribution in [1.82, 2.24) is 5.32 Å². The summed E-state index contributed by atoms with van der Waals surface area (Å²) in [7, 11) is 0. The number of carbonyl (C=O) groups is 2. The Morgan fingerprint density at radius 2 is 2.25 bits per heavy atom. The molecule has 0 aromatic carbocycles. The first-order valence-electron chi connectivity index (χ1n) is 2.99. The first-order valence-corrected chi connectivity index (χ1v) is 2.99. The molecule has 0 unspecified atom stereocenters. The molecule has 0 aliphatic heterocycles. The molecule has 0 heterocycles. The Balaban J connectivity index is 3.87. The van der Waals surface area contributed by atoms with E-state index in [4.69, 9.17) is 5.11 Å². The van der Waals surface area contributed by atoms with E-state index >= 15 is 0 Å². The van der Waals surface area contributed by atoms with Gasteiger partial charge in [-0.2, -0.15) is 4.99 Å². The van der Waals surface area contributed by atoms with E-state index in [9.17, 15) is 9.59 Å². The number of hydrogen-bond donors (Lipinski definition) is 3. The van der Waals surface area contributed by atoms with E-state index in [0.29, 0.717) is 0 Å². The summed E-state index contributed by atoms with van der Waals surface area (Å²) in [6.07, 6.45) is 0.839. The molecule has 66 valence electrons. The third-order valence-corrected chi connectivity index (χ3v) is 0.899. The Hall–Kier alpha value is -1.69. The highest BCUT2D eigenvalue weighted by atomic mass is 16.3. The van der Waals surface area contributed by atoms with Gasteiger partial charge in [-0.1, -0.05) is 6.58 Å². The van der Waals surface area contributed by atoms with Crippen molar-refractivity contribution in [2.75, 3.05) is 6.61 Å². The van der Waals surface area contributed by atoms with E-state index < -0.39 is 18.5 Å². The minimum Gasteiger partial charge on any atom is -0.391 e. The summed E-state index contributed by atoms with van der Waals surface area (Å²) in [5.41, 5.74) is 4.61. The quantitative estimate of drug-likeness (QED) is 0.281. The van der Waals surface area contributed by atoms with Gasteiger partial charge in [0.15, 0.2) is 0 Å². The highest BCUT2D eigenvalue weighted by molar-refractivity contribution is 6.01. The number of rotatable bonds is 3. The molecule has 0 fully saturated rings. The second kappa shape index (κ2) is 5.03. The van der Waals surface area contributed by atoms with Crippen molar-refractivity contribution >= 4 is 18.3 Å². The molecule has 0 aliphatic carbocycles. The van der Waals surface area contributed by atoms with E-state index in [1.807, 2.05) is 0 Å². The standard InChI is InChI=1S/C6H9N3O3/c1-4(2-10)5(11)8-3-9-6(7)12/h3,10H,1-2H2,(H3,7,8,9,11,12). The monoisotopic (exact) mass is 171 g/mol. The molecule has 0 atom stereocenters. The Morgan fingerprint density at radius 1 is 1.67 bits per heavy atom. The summed E-state index contributed by atoms with van der Waals surface area (Å²) in [6, 6.07) is -0.912. The molecule has 0 aromatic rings. The number of aliphatic hydroxyl groups excluding tert-OH is 1. The number of carbonyl (C=O) groups excluding carboxylic acids is 2. The van der Waals surface area contributed by atoms with Gasteiger partial charge in [0.1, 0.15) is 6.34 Å². The van der Waals surface area contributed by atoms with E-state index in [2.05, 4.69) is 22.6 Å². The van der Waals surface area contributed by atoms with Crippen LogP contribution in [0.5, 0.6) is 0 Å². The molecule has 0 aliphatic rings. The Bertz CT molecular complexity index is 234. The van der Waals surface area contributed by atoms with Gasteiger partial charge in [0.25, 0.3) is 5.91 Å². The minimum atomic E-state index is -0.912. The van der Waals surface area contributed by atoms with Gasteiger partial charge in [-0.25, -0.2) is 4.79 Å². The predicted molar refractivity (Wildman–Crippen MR) is 42.4 cm³/mol. The van der Waals surface area contributed by atoms with Crippen LogP contribution in [0.2, 0.25) is 0 Å². The molecule has 6 heteroatoms. The Morgan fingerprint density at radius 3 is 2.67 bits per heavy atom. The zero-order valence-corrected chi connectivity index (χ0v) is 6.28. The molecule has 0 radical (unpaired) electrons. The van der Waals surface area contributed by atoms with Crippen molar-refractivity contribution in [1.29, 1.82) is 0 Å². The van der Waals surface area contributed by atoms with Crippen molar-refractivity contribution in [3.8, 4) is 0 Å². The largest absolute Gasteiger partial charge is 0.391 e. The number of nitrogens with zero attached hydrogens (tertiary/aromatic N) is 1. The second-order valence-electron chi connectivity index (χ2n) is 1.83. The molecule has 0 saturated heterocycles. The average Bonchev–Trinajstić information content (AvgIpc) is 2.02. The van der Waals surface area contributed by atoms with Gasteiger partial charge in [0, 0.05) is 5.57 Å². The van der Waals surface area contributed by atoms with Gasteiger partial charge in [-0.3, -0.25) is 4.79 Å². The van der Waals surface area contributed by atoms with Crippen LogP contribution in [0.1, 0.15) is 0 Å². The van der Waals surface area contributed by atoms with Crippen LogP contribution in [0.3, 0.4) is 0 Å². The maximum atomic E-state index is 10.7. The normalized spacial score (nSPS) is 9.75. The molecule has 0 bridgehead atoms. The zero-order valence-electron chi connectivity index (χ0n) is 6.28. The summed E-state index contributed by atoms with van der Waals surface area (Å²) >= 11 is 0. The van der Waals surface area contributed by atoms with Crippen LogP contribution in [0.4, 0.5) is 4.79 Å². The van der Waals surface area contributed by atoms with Crippen LogP contribution in [0, 0.1) is 0 Å². The number of nitrogens with two attached hydrogens (primary N) is 1. The van der Waals surface area contributed by atoms with Crippen molar-refractivity contribution in [3.05, 3.63) is 12.2 Å². The highest BCUT2D eigenvalue weighted by Crippen LogP contribution is 1.84. The maximum absolute atomic E-state index is 10.7. The van der Waals surface area contributed by atoms with Crippen molar-refractivity contribution < 1.29 is 14.7 Å². The number of nitrogens with one attached hydrogen (secondary N) is 1. The fourth-order valence-electron chi connectivity index (χ4n) is 0.328. The summed E-state index contributed by atoms with van der Waals surface area (Å²) in [4.78, 5) is 23.8. The highest BCUT2D eigenvalue weighted by Gasteiger charge is 2.01.